The van der Waals surface area contributed by atoms with Crippen LogP contribution in [0.15, 0.2) is 18.5 Å². The van der Waals surface area contributed by atoms with Crippen LogP contribution in [-0.2, 0) is 4.74 Å². The molecule has 2 saturated heterocycles. The van der Waals surface area contributed by atoms with Crippen LogP contribution in [0.25, 0.3) is 0 Å². The number of ether oxygens (including phenoxy) is 1. The summed E-state index contributed by atoms with van der Waals surface area (Å²) in [7, 11) is 0. The fourth-order valence-corrected chi connectivity index (χ4v) is 4.77. The number of nitrogens with one attached hydrogen (secondary N) is 1. The molecule has 0 bridgehead atoms. The van der Waals surface area contributed by atoms with Gasteiger partial charge in [0.15, 0.2) is 0 Å². The van der Waals surface area contributed by atoms with E-state index in [1.165, 1.54) is 25.7 Å². The molecule has 6 heteroatoms. The summed E-state index contributed by atoms with van der Waals surface area (Å²) in [5.41, 5.74) is 0. The van der Waals surface area contributed by atoms with E-state index in [-0.39, 0.29) is 18.1 Å². The monoisotopic (exact) mass is 346 g/mol. The number of carbonyl (C=O) groups excluding carboxylic acids is 1. The van der Waals surface area contributed by atoms with Gasteiger partial charge in [0, 0.05) is 32.1 Å². The first-order valence-corrected chi connectivity index (χ1v) is 9.97. The molecule has 138 valence electrons. The molecule has 1 saturated carbocycles. The third-order valence-corrected chi connectivity index (χ3v) is 6.22. The molecule has 1 aliphatic carbocycles. The third-order valence-electron chi connectivity index (χ3n) is 6.22. The lowest BCUT2D eigenvalue weighted by molar-refractivity contribution is 0.0367. The number of nitrogens with zero attached hydrogens (tertiary/aromatic N) is 3. The number of urea groups is 1. The van der Waals surface area contributed by atoms with Crippen LogP contribution in [0.2, 0.25) is 0 Å². The van der Waals surface area contributed by atoms with Crippen LogP contribution >= 0.6 is 0 Å². The molecule has 0 aromatic carbocycles. The average molecular weight is 346 g/mol. The van der Waals surface area contributed by atoms with Gasteiger partial charge in [0.05, 0.1) is 18.2 Å². The Balaban J connectivity index is 1.30. The Hall–Kier alpha value is -1.56. The molecule has 1 aromatic rings. The third kappa shape index (κ3) is 3.84. The molecule has 0 unspecified atom stereocenters. The molecular formula is C19H30N4O2. The first-order chi connectivity index (χ1) is 12.3. The van der Waals surface area contributed by atoms with E-state index < -0.39 is 0 Å². The molecule has 3 aliphatic rings. The van der Waals surface area contributed by atoms with Crippen molar-refractivity contribution in [2.24, 2.45) is 5.92 Å². The van der Waals surface area contributed by atoms with E-state index in [0.717, 1.165) is 45.4 Å². The number of amides is 2. The average Bonchev–Trinajstić information content (AvgIpc) is 3.36. The van der Waals surface area contributed by atoms with Gasteiger partial charge in [-0.15, -0.1) is 0 Å². The zero-order chi connectivity index (χ0) is 17.1. The van der Waals surface area contributed by atoms with Crippen molar-refractivity contribution in [1.82, 2.24) is 20.0 Å². The predicted octanol–water partition coefficient (Wildman–Crippen LogP) is 2.97. The SMILES string of the molecule is O=C(N[C@@H]1CCCC[C@H]1n1cccn1)N1CCC([C@@H]2CCCO2)CC1. The van der Waals surface area contributed by atoms with Crippen LogP contribution in [0, 0.1) is 5.92 Å². The summed E-state index contributed by atoms with van der Waals surface area (Å²) in [4.78, 5) is 14.8. The molecule has 25 heavy (non-hydrogen) atoms. The van der Waals surface area contributed by atoms with Crippen molar-refractivity contribution in [2.75, 3.05) is 19.7 Å². The van der Waals surface area contributed by atoms with Gasteiger partial charge >= 0.3 is 6.03 Å². The number of hydrogen-bond acceptors (Lipinski definition) is 3. The normalized spacial score (nSPS) is 31.2. The van der Waals surface area contributed by atoms with Crippen molar-refractivity contribution in [3.05, 3.63) is 18.5 Å². The van der Waals surface area contributed by atoms with Crippen LogP contribution in [0.3, 0.4) is 0 Å². The molecule has 0 radical (unpaired) electrons. The number of rotatable bonds is 3. The maximum atomic E-state index is 12.8. The Morgan fingerprint density at radius 1 is 1.08 bits per heavy atom. The van der Waals surface area contributed by atoms with Gasteiger partial charge in [0.25, 0.3) is 0 Å². The number of aromatic nitrogens is 2. The van der Waals surface area contributed by atoms with E-state index in [1.807, 2.05) is 28.0 Å². The number of likely N-dealkylation sites (tertiary alicyclic amines) is 1. The largest absolute Gasteiger partial charge is 0.378 e. The molecule has 2 amide bonds. The molecule has 2 aliphatic heterocycles. The predicted molar refractivity (Wildman–Crippen MR) is 95.3 cm³/mol. The van der Waals surface area contributed by atoms with E-state index in [1.54, 1.807) is 0 Å². The van der Waals surface area contributed by atoms with E-state index in [4.69, 9.17) is 4.74 Å². The highest BCUT2D eigenvalue weighted by Crippen LogP contribution is 2.30. The second-order valence-electron chi connectivity index (χ2n) is 7.77. The van der Waals surface area contributed by atoms with Crippen molar-refractivity contribution in [1.29, 1.82) is 0 Å². The maximum absolute atomic E-state index is 12.8. The summed E-state index contributed by atoms with van der Waals surface area (Å²) in [6.07, 6.45) is 13.4. The summed E-state index contributed by atoms with van der Waals surface area (Å²) >= 11 is 0. The first kappa shape index (κ1) is 16.9. The zero-order valence-corrected chi connectivity index (χ0v) is 15.0. The van der Waals surface area contributed by atoms with Crippen LogP contribution < -0.4 is 5.32 Å². The lowest BCUT2D eigenvalue weighted by Gasteiger charge is -2.37. The van der Waals surface area contributed by atoms with Gasteiger partial charge in [-0.1, -0.05) is 12.8 Å². The second-order valence-corrected chi connectivity index (χ2v) is 7.77. The minimum absolute atomic E-state index is 0.106. The fraction of sp³-hybridized carbons (Fsp3) is 0.789. The molecule has 3 heterocycles. The summed E-state index contributed by atoms with van der Waals surface area (Å²) in [5, 5.41) is 7.71. The van der Waals surface area contributed by atoms with Crippen molar-refractivity contribution in [3.63, 3.8) is 0 Å². The second kappa shape index (κ2) is 7.77. The first-order valence-electron chi connectivity index (χ1n) is 9.97. The summed E-state index contributed by atoms with van der Waals surface area (Å²) in [6.45, 7) is 2.63. The highest BCUT2D eigenvalue weighted by atomic mass is 16.5. The quantitative estimate of drug-likeness (QED) is 0.915. The molecule has 0 spiro atoms. The minimum Gasteiger partial charge on any atom is -0.378 e. The van der Waals surface area contributed by atoms with Crippen molar-refractivity contribution in [2.45, 2.75) is 69.6 Å². The summed E-state index contributed by atoms with van der Waals surface area (Å²) in [5.74, 6) is 0.637. The highest BCUT2D eigenvalue weighted by molar-refractivity contribution is 5.74. The van der Waals surface area contributed by atoms with Gasteiger partial charge in [-0.05, 0) is 50.5 Å². The summed E-state index contributed by atoms with van der Waals surface area (Å²) in [6, 6.07) is 2.55. The molecule has 4 rings (SSSR count). The van der Waals surface area contributed by atoms with Crippen LogP contribution in [0.1, 0.15) is 57.4 Å². The topological polar surface area (TPSA) is 59.4 Å². The minimum atomic E-state index is 0.106. The molecule has 1 aromatic heterocycles. The Morgan fingerprint density at radius 3 is 2.64 bits per heavy atom. The number of carbonyl (C=O) groups is 1. The van der Waals surface area contributed by atoms with Gasteiger partial charge in [0.2, 0.25) is 0 Å². The standard InChI is InChI=1S/C19H30N4O2/c24-19(22-12-8-15(9-13-22)18-7-3-14-25-18)21-16-5-1-2-6-17(16)23-11-4-10-20-23/h4,10-11,15-18H,1-3,5-9,12-14H2,(H,21,24)/t16-,17-,18+/m1/s1. The Labute approximate surface area is 149 Å². The Morgan fingerprint density at radius 2 is 1.92 bits per heavy atom. The molecule has 1 N–H and O–H groups in total. The Kier molecular flexibility index (Phi) is 5.25. The van der Waals surface area contributed by atoms with Gasteiger partial charge in [-0.3, -0.25) is 4.68 Å². The lowest BCUT2D eigenvalue weighted by Crippen LogP contribution is -2.51. The Bertz CT molecular complexity index is 548. The number of piperidine rings is 1. The van der Waals surface area contributed by atoms with E-state index in [0.29, 0.717) is 12.0 Å². The highest BCUT2D eigenvalue weighted by Gasteiger charge is 2.33. The smallest absolute Gasteiger partial charge is 0.317 e. The summed E-state index contributed by atoms with van der Waals surface area (Å²) < 4.78 is 7.86. The van der Waals surface area contributed by atoms with E-state index in [9.17, 15) is 4.79 Å². The molecule has 6 nitrogen and oxygen atoms in total. The molecule has 3 fully saturated rings. The van der Waals surface area contributed by atoms with Gasteiger partial charge in [-0.2, -0.15) is 5.10 Å². The van der Waals surface area contributed by atoms with E-state index in [2.05, 4.69) is 10.4 Å². The van der Waals surface area contributed by atoms with Gasteiger partial charge < -0.3 is 15.0 Å². The molecular weight excluding hydrogens is 316 g/mol. The van der Waals surface area contributed by atoms with Crippen molar-refractivity contribution < 1.29 is 9.53 Å². The number of hydrogen-bond donors (Lipinski definition) is 1. The fourth-order valence-electron chi connectivity index (χ4n) is 4.77. The van der Waals surface area contributed by atoms with Crippen LogP contribution in [-0.4, -0.2) is 52.6 Å². The van der Waals surface area contributed by atoms with Crippen LogP contribution in [0.4, 0.5) is 4.79 Å². The molecule has 3 atom stereocenters. The lowest BCUT2D eigenvalue weighted by atomic mass is 9.89. The van der Waals surface area contributed by atoms with Gasteiger partial charge in [-0.25, -0.2) is 4.79 Å². The van der Waals surface area contributed by atoms with Gasteiger partial charge in [0.1, 0.15) is 0 Å². The maximum Gasteiger partial charge on any atom is 0.317 e. The zero-order valence-electron chi connectivity index (χ0n) is 15.0. The van der Waals surface area contributed by atoms with Crippen molar-refractivity contribution in [3.8, 4) is 0 Å². The van der Waals surface area contributed by atoms with E-state index >= 15 is 0 Å². The van der Waals surface area contributed by atoms with Crippen LogP contribution in [0.5, 0.6) is 0 Å². The van der Waals surface area contributed by atoms with Crippen molar-refractivity contribution >= 4 is 6.03 Å².